The van der Waals surface area contributed by atoms with E-state index in [0.29, 0.717) is 5.56 Å². The summed E-state index contributed by atoms with van der Waals surface area (Å²) < 4.78 is 0. The van der Waals surface area contributed by atoms with Crippen molar-refractivity contribution in [2.24, 2.45) is 0 Å². The summed E-state index contributed by atoms with van der Waals surface area (Å²) in [5.74, 6) is -0.225. The highest BCUT2D eigenvalue weighted by molar-refractivity contribution is 5.92. The highest BCUT2D eigenvalue weighted by Gasteiger charge is 2.14. The fraction of sp³-hybridized carbons (Fsp3) is 0.357. The lowest BCUT2D eigenvalue weighted by Crippen LogP contribution is -2.45. The Morgan fingerprint density at radius 2 is 2.25 bits per heavy atom. The summed E-state index contributed by atoms with van der Waals surface area (Å²) in [5.41, 5.74) is 0.422. The number of amides is 1. The first-order valence-electron chi connectivity index (χ1n) is 6.59. The van der Waals surface area contributed by atoms with Gasteiger partial charge in [0.05, 0.1) is 10.5 Å². The molecule has 0 bridgehead atoms. The van der Waals surface area contributed by atoms with Gasteiger partial charge in [0.1, 0.15) is 0 Å². The minimum absolute atomic E-state index is 0.00381. The minimum Gasteiger partial charge on any atom is -0.349 e. The second-order valence-electron chi connectivity index (χ2n) is 4.70. The average Bonchev–Trinajstić information content (AvgIpc) is 2.46. The predicted molar refractivity (Wildman–Crippen MR) is 76.2 cm³/mol. The van der Waals surface area contributed by atoms with Crippen molar-refractivity contribution in [3.8, 4) is 0 Å². The van der Waals surface area contributed by atoms with Crippen molar-refractivity contribution >= 4 is 17.7 Å². The lowest BCUT2D eigenvalue weighted by atomic mass is 10.1. The Labute approximate surface area is 117 Å². The maximum Gasteiger partial charge on any atom is 0.276 e. The van der Waals surface area contributed by atoms with Gasteiger partial charge in [-0.3, -0.25) is 14.9 Å². The molecule has 2 rings (SSSR count). The Morgan fingerprint density at radius 1 is 1.45 bits per heavy atom. The summed E-state index contributed by atoms with van der Waals surface area (Å²) in [6.45, 7) is 1.75. The molecule has 1 amide bonds. The van der Waals surface area contributed by atoms with Crippen molar-refractivity contribution < 1.29 is 9.72 Å². The van der Waals surface area contributed by atoms with E-state index in [0.717, 1.165) is 25.9 Å². The highest BCUT2D eigenvalue weighted by atomic mass is 16.6. The van der Waals surface area contributed by atoms with Crippen molar-refractivity contribution in [2.75, 3.05) is 13.1 Å². The first-order valence-corrected chi connectivity index (χ1v) is 6.59. The first-order chi connectivity index (χ1) is 9.66. The minimum atomic E-state index is -0.456. The maximum atomic E-state index is 11.8. The third-order valence-electron chi connectivity index (χ3n) is 3.19. The van der Waals surface area contributed by atoms with Crippen LogP contribution in [0.2, 0.25) is 0 Å². The van der Waals surface area contributed by atoms with Crippen molar-refractivity contribution in [2.45, 2.75) is 18.9 Å². The van der Waals surface area contributed by atoms with E-state index in [1.54, 1.807) is 18.2 Å². The van der Waals surface area contributed by atoms with Gasteiger partial charge in [0.25, 0.3) is 5.69 Å². The number of nitrogens with one attached hydrogen (secondary N) is 2. The number of carbonyl (C=O) groups excluding carboxylic acids is 1. The maximum absolute atomic E-state index is 11.8. The zero-order valence-electron chi connectivity index (χ0n) is 11.0. The van der Waals surface area contributed by atoms with Crippen molar-refractivity contribution in [3.63, 3.8) is 0 Å². The van der Waals surface area contributed by atoms with Crippen LogP contribution in [-0.4, -0.2) is 30.0 Å². The highest BCUT2D eigenvalue weighted by Crippen LogP contribution is 2.18. The molecule has 1 saturated heterocycles. The fourth-order valence-corrected chi connectivity index (χ4v) is 2.18. The van der Waals surface area contributed by atoms with E-state index in [2.05, 4.69) is 10.6 Å². The molecule has 6 nitrogen and oxygen atoms in total. The van der Waals surface area contributed by atoms with Crippen LogP contribution >= 0.6 is 0 Å². The molecule has 0 aromatic heterocycles. The number of nitro benzene ring substituents is 1. The van der Waals surface area contributed by atoms with Crippen molar-refractivity contribution in [1.29, 1.82) is 0 Å². The van der Waals surface area contributed by atoms with E-state index in [9.17, 15) is 14.9 Å². The van der Waals surface area contributed by atoms with Gasteiger partial charge in [0, 0.05) is 24.7 Å². The van der Waals surface area contributed by atoms with Gasteiger partial charge in [-0.2, -0.15) is 0 Å². The zero-order valence-corrected chi connectivity index (χ0v) is 11.0. The van der Waals surface area contributed by atoms with Gasteiger partial charge in [0.2, 0.25) is 5.91 Å². The summed E-state index contributed by atoms with van der Waals surface area (Å²) >= 11 is 0. The summed E-state index contributed by atoms with van der Waals surface area (Å²) in [7, 11) is 0. The lowest BCUT2D eigenvalue weighted by Gasteiger charge is -2.23. The van der Waals surface area contributed by atoms with Gasteiger partial charge in [-0.05, 0) is 31.5 Å². The topological polar surface area (TPSA) is 84.3 Å². The number of hydrogen-bond donors (Lipinski definition) is 2. The molecular weight excluding hydrogens is 258 g/mol. The molecule has 1 aliphatic heterocycles. The Bertz CT molecular complexity index is 522. The van der Waals surface area contributed by atoms with Crippen LogP contribution in [0, 0.1) is 10.1 Å². The molecule has 1 unspecified atom stereocenters. The van der Waals surface area contributed by atoms with E-state index >= 15 is 0 Å². The summed E-state index contributed by atoms with van der Waals surface area (Å²) in [4.78, 5) is 22.2. The van der Waals surface area contributed by atoms with Crippen LogP contribution in [0.3, 0.4) is 0 Å². The first kappa shape index (κ1) is 14.2. The average molecular weight is 275 g/mol. The largest absolute Gasteiger partial charge is 0.349 e. The second-order valence-corrected chi connectivity index (χ2v) is 4.70. The van der Waals surface area contributed by atoms with Crippen molar-refractivity contribution in [1.82, 2.24) is 10.6 Å². The SMILES string of the molecule is O=C(C=Cc1ccccc1[N+](=O)[O-])NC1CCCNC1. The molecule has 1 aromatic carbocycles. The molecule has 20 heavy (non-hydrogen) atoms. The van der Waals surface area contributed by atoms with Crippen LogP contribution in [0.5, 0.6) is 0 Å². The molecule has 1 heterocycles. The molecule has 1 fully saturated rings. The number of nitro groups is 1. The molecule has 2 N–H and O–H groups in total. The molecule has 0 aliphatic carbocycles. The standard InChI is InChI=1S/C14H17N3O3/c18-14(16-12-5-3-9-15-10-12)8-7-11-4-1-2-6-13(11)17(19)20/h1-2,4,6-8,12,15H,3,5,9-10H2,(H,16,18). The molecule has 0 spiro atoms. The van der Waals surface area contributed by atoms with E-state index < -0.39 is 4.92 Å². The van der Waals surface area contributed by atoms with E-state index in [4.69, 9.17) is 0 Å². The van der Waals surface area contributed by atoms with Gasteiger partial charge in [-0.25, -0.2) is 0 Å². The van der Waals surface area contributed by atoms with Crippen LogP contribution in [-0.2, 0) is 4.79 Å². The lowest BCUT2D eigenvalue weighted by molar-refractivity contribution is -0.385. The summed E-state index contributed by atoms with van der Waals surface area (Å²) in [5, 5.41) is 16.9. The van der Waals surface area contributed by atoms with Crippen LogP contribution in [0.25, 0.3) is 6.08 Å². The van der Waals surface area contributed by atoms with Crippen LogP contribution < -0.4 is 10.6 Å². The number of nitrogens with zero attached hydrogens (tertiary/aromatic N) is 1. The van der Waals surface area contributed by atoms with E-state index in [1.165, 1.54) is 18.2 Å². The van der Waals surface area contributed by atoms with Crippen LogP contribution in [0.4, 0.5) is 5.69 Å². The number of rotatable bonds is 4. The molecule has 106 valence electrons. The van der Waals surface area contributed by atoms with Crippen LogP contribution in [0.15, 0.2) is 30.3 Å². The number of benzene rings is 1. The molecule has 1 aromatic rings. The zero-order chi connectivity index (χ0) is 14.4. The molecule has 1 aliphatic rings. The van der Waals surface area contributed by atoms with Gasteiger partial charge in [-0.15, -0.1) is 0 Å². The Balaban J connectivity index is 1.98. The Kier molecular flexibility index (Phi) is 4.84. The van der Waals surface area contributed by atoms with E-state index in [1.807, 2.05) is 0 Å². The summed E-state index contributed by atoms with van der Waals surface area (Å²) in [6, 6.07) is 6.47. The molecule has 0 saturated carbocycles. The number of para-hydroxylation sites is 1. The fourth-order valence-electron chi connectivity index (χ4n) is 2.18. The Morgan fingerprint density at radius 3 is 2.95 bits per heavy atom. The van der Waals surface area contributed by atoms with Crippen LogP contribution in [0.1, 0.15) is 18.4 Å². The predicted octanol–water partition coefficient (Wildman–Crippen LogP) is 1.48. The third-order valence-corrected chi connectivity index (χ3v) is 3.19. The monoisotopic (exact) mass is 275 g/mol. The third kappa shape index (κ3) is 3.89. The van der Waals surface area contributed by atoms with Gasteiger partial charge in [0.15, 0.2) is 0 Å². The van der Waals surface area contributed by atoms with E-state index in [-0.39, 0.29) is 17.6 Å². The summed E-state index contributed by atoms with van der Waals surface area (Å²) in [6.07, 6.45) is 4.82. The second kappa shape index (κ2) is 6.81. The quantitative estimate of drug-likeness (QED) is 0.495. The van der Waals surface area contributed by atoms with Crippen molar-refractivity contribution in [3.05, 3.63) is 46.0 Å². The van der Waals surface area contributed by atoms with Gasteiger partial charge in [-0.1, -0.05) is 12.1 Å². The normalized spacial score (nSPS) is 18.9. The number of hydrogen-bond acceptors (Lipinski definition) is 4. The Hall–Kier alpha value is -2.21. The molecule has 1 atom stereocenters. The van der Waals surface area contributed by atoms with Gasteiger partial charge < -0.3 is 10.6 Å². The number of carbonyl (C=O) groups is 1. The molecule has 0 radical (unpaired) electrons. The van der Waals surface area contributed by atoms with Gasteiger partial charge >= 0.3 is 0 Å². The molecule has 6 heteroatoms. The number of piperidine rings is 1. The molecular formula is C14H17N3O3. The smallest absolute Gasteiger partial charge is 0.276 e.